The summed E-state index contributed by atoms with van der Waals surface area (Å²) < 4.78 is 5.68. The number of ether oxygens (including phenoxy) is 1. The van der Waals surface area contributed by atoms with Crippen LogP contribution in [-0.2, 0) is 49.7 Å². The van der Waals surface area contributed by atoms with Crippen LogP contribution in [0.15, 0.2) is 127 Å². The van der Waals surface area contributed by atoms with Gasteiger partial charge in [-0.1, -0.05) is 103 Å². The van der Waals surface area contributed by atoms with Gasteiger partial charge in [0, 0.05) is 30.6 Å². The van der Waals surface area contributed by atoms with Crippen molar-refractivity contribution in [2.45, 2.75) is 49.9 Å². The summed E-state index contributed by atoms with van der Waals surface area (Å²) >= 11 is 1.43. The van der Waals surface area contributed by atoms with E-state index in [1.165, 1.54) is 11.3 Å². The summed E-state index contributed by atoms with van der Waals surface area (Å²) in [5.74, 6) is -3.39. The Bertz CT molecular complexity index is 2040. The summed E-state index contributed by atoms with van der Waals surface area (Å²) in [5, 5.41) is 23.0. The van der Waals surface area contributed by atoms with Crippen molar-refractivity contribution in [3.05, 3.63) is 148 Å². The molecule has 4 aromatic carbocycles. The maximum absolute atomic E-state index is 14.3. The Kier molecular flexibility index (Phi) is 12.5. The van der Waals surface area contributed by atoms with Gasteiger partial charge >= 0.3 is 5.97 Å². The quantitative estimate of drug-likeness (QED) is 0.150. The van der Waals surface area contributed by atoms with Gasteiger partial charge in [-0.05, 0) is 51.4 Å². The van der Waals surface area contributed by atoms with Crippen molar-refractivity contribution < 1.29 is 33.8 Å². The highest BCUT2D eigenvalue weighted by Crippen LogP contribution is 2.21. The van der Waals surface area contributed by atoms with Crippen LogP contribution in [0.5, 0.6) is 5.75 Å². The van der Waals surface area contributed by atoms with Crippen molar-refractivity contribution in [2.75, 3.05) is 6.61 Å². The number of fused-ring (bicyclic) bond motifs is 16. The van der Waals surface area contributed by atoms with Crippen LogP contribution in [0.1, 0.15) is 21.6 Å². The topological polar surface area (TPSA) is 163 Å². The molecule has 12 heteroatoms. The Labute approximate surface area is 316 Å². The van der Waals surface area contributed by atoms with Gasteiger partial charge in [-0.15, -0.1) is 11.3 Å². The van der Waals surface area contributed by atoms with E-state index in [4.69, 9.17) is 4.74 Å². The lowest BCUT2D eigenvalue weighted by molar-refractivity contribution is -0.142. The van der Waals surface area contributed by atoms with Crippen molar-refractivity contribution in [3.8, 4) is 16.9 Å². The largest absolute Gasteiger partial charge is 0.484 e. The van der Waals surface area contributed by atoms with E-state index in [-0.39, 0.29) is 32.3 Å². The summed E-state index contributed by atoms with van der Waals surface area (Å²) in [6.07, 6.45) is 0.233. The third-order valence-corrected chi connectivity index (χ3v) is 9.93. The number of thiophene rings is 1. The number of aliphatic carboxylic acids is 1. The van der Waals surface area contributed by atoms with E-state index in [0.717, 1.165) is 27.1 Å². The molecule has 0 radical (unpaired) electrons. The molecular weight excluding hydrogens is 705 g/mol. The summed E-state index contributed by atoms with van der Waals surface area (Å²) in [4.78, 5) is 68.6. The molecule has 54 heavy (non-hydrogen) atoms. The molecule has 276 valence electrons. The highest BCUT2D eigenvalue weighted by atomic mass is 32.1. The van der Waals surface area contributed by atoms with Crippen molar-refractivity contribution in [1.82, 2.24) is 21.3 Å². The molecule has 0 aliphatic carbocycles. The number of carbonyl (C=O) groups is 5. The maximum Gasteiger partial charge on any atom is 0.326 e. The average Bonchev–Trinajstić information content (AvgIpc) is 3.70. The summed E-state index contributed by atoms with van der Waals surface area (Å²) in [7, 11) is 0. The first-order valence-electron chi connectivity index (χ1n) is 17.6. The van der Waals surface area contributed by atoms with Crippen molar-refractivity contribution in [3.63, 3.8) is 0 Å². The van der Waals surface area contributed by atoms with E-state index >= 15 is 0 Å². The molecule has 2 aliphatic rings. The van der Waals surface area contributed by atoms with E-state index < -0.39 is 53.8 Å². The zero-order chi connectivity index (χ0) is 37.9. The molecule has 5 N–H and O–H groups in total. The molecule has 2 aliphatic heterocycles. The molecule has 0 spiro atoms. The van der Waals surface area contributed by atoms with Gasteiger partial charge in [0.15, 0.2) is 6.61 Å². The van der Waals surface area contributed by atoms with E-state index in [2.05, 4.69) is 21.3 Å². The predicted octanol–water partition coefficient (Wildman–Crippen LogP) is 4.10. The number of benzene rings is 4. The number of hydrogen-bond donors (Lipinski definition) is 5. The molecule has 0 saturated heterocycles. The highest BCUT2D eigenvalue weighted by Gasteiger charge is 2.32. The minimum absolute atomic E-state index is 0.0457. The molecule has 0 unspecified atom stereocenters. The lowest BCUT2D eigenvalue weighted by Gasteiger charge is -2.26. The number of carboxylic acids is 1. The smallest absolute Gasteiger partial charge is 0.326 e. The average molecular weight is 745 g/mol. The second-order valence-electron chi connectivity index (χ2n) is 13.0. The molecular formula is C42H40N4O7S. The molecule has 1 aromatic heterocycles. The molecule has 0 saturated carbocycles. The van der Waals surface area contributed by atoms with Crippen LogP contribution >= 0.6 is 11.3 Å². The number of amides is 4. The number of nitrogens with one attached hydrogen (secondary N) is 4. The van der Waals surface area contributed by atoms with E-state index in [9.17, 15) is 29.1 Å². The van der Waals surface area contributed by atoms with Crippen molar-refractivity contribution in [1.29, 1.82) is 0 Å². The van der Waals surface area contributed by atoms with Crippen LogP contribution in [-0.4, -0.2) is 65.5 Å². The van der Waals surface area contributed by atoms with Gasteiger partial charge < -0.3 is 31.1 Å². The Morgan fingerprint density at radius 1 is 0.611 bits per heavy atom. The molecule has 3 heterocycles. The molecule has 2 bridgehead atoms. The Morgan fingerprint density at radius 3 is 1.76 bits per heavy atom. The first-order chi connectivity index (χ1) is 26.2. The van der Waals surface area contributed by atoms with Gasteiger partial charge in [-0.3, -0.25) is 19.2 Å². The summed E-state index contributed by atoms with van der Waals surface area (Å²) in [6, 6.07) is 31.9. The third-order valence-electron chi connectivity index (χ3n) is 9.03. The van der Waals surface area contributed by atoms with E-state index in [0.29, 0.717) is 11.3 Å². The minimum atomic E-state index is -1.32. The standard InChI is InChI=1S/C42H40N4O7S/c47-38-26-53-32-19-15-29(16-20-32)24-37(42(51)52)46-40(49)34(22-27-8-3-1-4-9-27)44-39(48)35(45-41(50)36(43-38)25-33-12-7-21-54-33)23-28-13-17-31(18-14-28)30-10-5-2-6-11-30/h1-21,34-37H,22-26H2,(H,43,47)(H,44,48)(H,45,50)(H,46,49)(H,51,52)/t34-,35+,36+,37+/m1/s1. The zero-order valence-corrected chi connectivity index (χ0v) is 30.1. The van der Waals surface area contributed by atoms with Crippen LogP contribution in [0, 0.1) is 0 Å². The second kappa shape index (κ2) is 18.0. The van der Waals surface area contributed by atoms with Crippen LogP contribution in [0.2, 0.25) is 0 Å². The number of carbonyl (C=O) groups excluding carboxylic acids is 4. The highest BCUT2D eigenvalue weighted by molar-refractivity contribution is 7.09. The SMILES string of the molecule is O=C1COc2ccc(cc2)C[C@@H](C(=O)O)NC(=O)[C@@H](Cc2ccccc2)NC(=O)[C@H](Cc2ccc(-c3ccccc3)cc2)NC(=O)[C@H](Cc2cccs2)N1. The zero-order valence-electron chi connectivity index (χ0n) is 29.3. The lowest BCUT2D eigenvalue weighted by Crippen LogP contribution is -2.59. The van der Waals surface area contributed by atoms with Gasteiger partial charge in [-0.25, -0.2) is 4.79 Å². The number of rotatable bonds is 8. The van der Waals surface area contributed by atoms with Crippen molar-refractivity contribution >= 4 is 40.9 Å². The van der Waals surface area contributed by atoms with Gasteiger partial charge in [0.2, 0.25) is 17.7 Å². The lowest BCUT2D eigenvalue weighted by atomic mass is 9.99. The first kappa shape index (κ1) is 37.5. The van der Waals surface area contributed by atoms with Gasteiger partial charge in [0.05, 0.1) is 0 Å². The molecule has 7 rings (SSSR count). The molecule has 4 atom stereocenters. The second-order valence-corrected chi connectivity index (χ2v) is 14.1. The Morgan fingerprint density at radius 2 is 1.17 bits per heavy atom. The molecule has 11 nitrogen and oxygen atoms in total. The molecule has 4 amide bonds. The van der Waals surface area contributed by atoms with Crippen LogP contribution in [0.25, 0.3) is 11.1 Å². The fraction of sp³-hybridized carbons (Fsp3) is 0.214. The minimum Gasteiger partial charge on any atom is -0.484 e. The van der Waals surface area contributed by atoms with Gasteiger partial charge in [0.1, 0.15) is 29.9 Å². The van der Waals surface area contributed by atoms with Crippen LogP contribution < -0.4 is 26.0 Å². The maximum atomic E-state index is 14.3. The third kappa shape index (κ3) is 10.4. The monoisotopic (exact) mass is 744 g/mol. The number of hydrogen-bond acceptors (Lipinski definition) is 7. The normalized spacial score (nSPS) is 19.9. The fourth-order valence-electron chi connectivity index (χ4n) is 6.17. The first-order valence-corrected chi connectivity index (χ1v) is 18.4. The van der Waals surface area contributed by atoms with E-state index in [1.54, 1.807) is 48.5 Å². The Balaban J connectivity index is 1.34. The summed E-state index contributed by atoms with van der Waals surface area (Å²) in [5.41, 5.74) is 4.06. The summed E-state index contributed by atoms with van der Waals surface area (Å²) in [6.45, 7) is -0.389. The van der Waals surface area contributed by atoms with Crippen LogP contribution in [0.3, 0.4) is 0 Å². The van der Waals surface area contributed by atoms with Crippen molar-refractivity contribution in [2.24, 2.45) is 0 Å². The van der Waals surface area contributed by atoms with Gasteiger partial charge in [0.25, 0.3) is 5.91 Å². The number of carboxylic acid groups (broad SMARTS) is 1. The fourth-order valence-corrected chi connectivity index (χ4v) is 6.92. The van der Waals surface area contributed by atoms with Crippen LogP contribution in [0.4, 0.5) is 0 Å². The molecule has 5 aromatic rings. The van der Waals surface area contributed by atoms with E-state index in [1.807, 2.05) is 78.2 Å². The predicted molar refractivity (Wildman–Crippen MR) is 205 cm³/mol. The Hall–Kier alpha value is -6.27. The molecule has 0 fully saturated rings. The van der Waals surface area contributed by atoms with Gasteiger partial charge in [-0.2, -0.15) is 0 Å².